The summed E-state index contributed by atoms with van der Waals surface area (Å²) in [5.41, 5.74) is 0.869. The predicted octanol–water partition coefficient (Wildman–Crippen LogP) is 0.884. The highest BCUT2D eigenvalue weighted by Gasteiger charge is 2.14. The normalized spacial score (nSPS) is 10.3. The van der Waals surface area contributed by atoms with Gasteiger partial charge < -0.3 is 5.32 Å². The number of carbonyl (C=O) groups excluding carboxylic acids is 2. The number of carbonyl (C=O) groups is 2. The summed E-state index contributed by atoms with van der Waals surface area (Å²) in [5.74, 6) is -0.424. The molecule has 2 aromatic heterocycles. The van der Waals surface area contributed by atoms with Crippen LogP contribution in [0, 0.1) is 6.92 Å². The zero-order valence-corrected chi connectivity index (χ0v) is 10.7. The number of thiazole rings is 1. The van der Waals surface area contributed by atoms with E-state index < -0.39 is 0 Å². The molecule has 0 aliphatic heterocycles. The molecule has 0 unspecified atom stereocenters. The fraction of sp³-hybridized carbons (Fsp3) is 0.300. The van der Waals surface area contributed by atoms with Crippen molar-refractivity contribution in [3.05, 3.63) is 23.0 Å². The molecule has 1 amide bonds. The molecular formula is C10H11N5O2S. The monoisotopic (exact) mass is 265 g/mol. The minimum absolute atomic E-state index is 0.00565. The highest BCUT2D eigenvalue weighted by atomic mass is 32.1. The largest absolute Gasteiger partial charge is 0.300 e. The molecule has 18 heavy (non-hydrogen) atoms. The summed E-state index contributed by atoms with van der Waals surface area (Å²) < 4.78 is 1.39. The highest BCUT2D eigenvalue weighted by molar-refractivity contribution is 7.13. The van der Waals surface area contributed by atoms with Crippen LogP contribution in [0.25, 0.3) is 0 Å². The van der Waals surface area contributed by atoms with E-state index in [1.54, 1.807) is 18.5 Å². The van der Waals surface area contributed by atoms with Crippen molar-refractivity contribution in [1.29, 1.82) is 0 Å². The lowest BCUT2D eigenvalue weighted by atomic mass is 10.2. The van der Waals surface area contributed by atoms with Gasteiger partial charge in [0.1, 0.15) is 6.54 Å². The molecule has 0 saturated carbocycles. The molecule has 2 aromatic rings. The first-order chi connectivity index (χ1) is 8.58. The minimum Gasteiger partial charge on any atom is -0.300 e. The maximum absolute atomic E-state index is 11.7. The standard InChI is InChI=1S/C10H11N5O2S/c1-6-9(7(2)16)13-14-15(6)5-8(17)12-10-11-3-4-18-10/h3-4H,5H2,1-2H3,(H,11,12,17). The third-order valence-corrected chi connectivity index (χ3v) is 2.98. The van der Waals surface area contributed by atoms with Crippen LogP contribution in [0.2, 0.25) is 0 Å². The van der Waals surface area contributed by atoms with Gasteiger partial charge in [-0.15, -0.1) is 16.4 Å². The van der Waals surface area contributed by atoms with Gasteiger partial charge in [0, 0.05) is 18.5 Å². The molecule has 0 aromatic carbocycles. The Labute approximate surface area is 107 Å². The van der Waals surface area contributed by atoms with Gasteiger partial charge in [-0.25, -0.2) is 9.67 Å². The second kappa shape index (κ2) is 5.05. The summed E-state index contributed by atoms with van der Waals surface area (Å²) in [6.07, 6.45) is 1.61. The van der Waals surface area contributed by atoms with Crippen LogP contribution in [0.15, 0.2) is 11.6 Å². The average molecular weight is 265 g/mol. The van der Waals surface area contributed by atoms with Gasteiger partial charge in [-0.05, 0) is 6.92 Å². The number of aromatic nitrogens is 4. The summed E-state index contributed by atoms with van der Waals surface area (Å²) in [7, 11) is 0. The van der Waals surface area contributed by atoms with Crippen molar-refractivity contribution >= 4 is 28.2 Å². The van der Waals surface area contributed by atoms with Crippen LogP contribution in [0.5, 0.6) is 0 Å². The summed E-state index contributed by atoms with van der Waals surface area (Å²) in [6.45, 7) is 3.12. The van der Waals surface area contributed by atoms with E-state index in [4.69, 9.17) is 0 Å². The molecule has 0 aliphatic rings. The van der Waals surface area contributed by atoms with Gasteiger partial charge in [0.05, 0.1) is 5.69 Å². The zero-order chi connectivity index (χ0) is 13.1. The molecule has 8 heteroatoms. The van der Waals surface area contributed by atoms with Crippen LogP contribution >= 0.6 is 11.3 Å². The van der Waals surface area contributed by atoms with E-state index in [9.17, 15) is 9.59 Å². The number of anilines is 1. The molecule has 94 valence electrons. The zero-order valence-electron chi connectivity index (χ0n) is 9.88. The van der Waals surface area contributed by atoms with E-state index in [-0.39, 0.29) is 23.9 Å². The van der Waals surface area contributed by atoms with Crippen molar-refractivity contribution in [1.82, 2.24) is 20.0 Å². The Morgan fingerprint density at radius 2 is 2.28 bits per heavy atom. The number of hydrogen-bond donors (Lipinski definition) is 1. The first-order valence-electron chi connectivity index (χ1n) is 5.18. The van der Waals surface area contributed by atoms with Crippen LogP contribution in [-0.2, 0) is 11.3 Å². The molecule has 0 atom stereocenters. The van der Waals surface area contributed by atoms with E-state index in [1.807, 2.05) is 0 Å². The molecule has 0 radical (unpaired) electrons. The topological polar surface area (TPSA) is 89.8 Å². The Morgan fingerprint density at radius 3 is 2.83 bits per heavy atom. The van der Waals surface area contributed by atoms with Crippen LogP contribution in [0.3, 0.4) is 0 Å². The second-order valence-electron chi connectivity index (χ2n) is 3.62. The van der Waals surface area contributed by atoms with E-state index in [0.29, 0.717) is 10.8 Å². The SMILES string of the molecule is CC(=O)c1nnn(CC(=O)Nc2nccs2)c1C. The van der Waals surface area contributed by atoms with Crippen molar-refractivity contribution in [3.8, 4) is 0 Å². The predicted molar refractivity (Wildman–Crippen MR) is 65.5 cm³/mol. The van der Waals surface area contributed by atoms with E-state index >= 15 is 0 Å². The van der Waals surface area contributed by atoms with E-state index in [1.165, 1.54) is 22.9 Å². The Kier molecular flexibility index (Phi) is 3.47. The van der Waals surface area contributed by atoms with Gasteiger partial charge in [-0.3, -0.25) is 9.59 Å². The van der Waals surface area contributed by atoms with E-state index in [2.05, 4.69) is 20.6 Å². The molecule has 0 bridgehead atoms. The first-order valence-corrected chi connectivity index (χ1v) is 6.06. The third-order valence-electron chi connectivity index (χ3n) is 2.29. The van der Waals surface area contributed by atoms with Crippen molar-refractivity contribution in [3.63, 3.8) is 0 Å². The van der Waals surface area contributed by atoms with E-state index in [0.717, 1.165) is 0 Å². The lowest BCUT2D eigenvalue weighted by molar-refractivity contribution is -0.117. The van der Waals surface area contributed by atoms with Gasteiger partial charge in [0.25, 0.3) is 0 Å². The van der Waals surface area contributed by atoms with Gasteiger partial charge >= 0.3 is 0 Å². The number of nitrogens with zero attached hydrogens (tertiary/aromatic N) is 4. The van der Waals surface area contributed by atoms with Crippen LogP contribution in [0.4, 0.5) is 5.13 Å². The van der Waals surface area contributed by atoms with Crippen LogP contribution in [0.1, 0.15) is 23.1 Å². The average Bonchev–Trinajstić information content (AvgIpc) is 2.90. The minimum atomic E-state index is -0.256. The van der Waals surface area contributed by atoms with Crippen molar-refractivity contribution in [2.75, 3.05) is 5.32 Å². The highest BCUT2D eigenvalue weighted by Crippen LogP contribution is 2.10. The Bertz CT molecular complexity index is 575. The Morgan fingerprint density at radius 1 is 1.50 bits per heavy atom. The van der Waals surface area contributed by atoms with Crippen LogP contribution < -0.4 is 5.32 Å². The lowest BCUT2D eigenvalue weighted by Gasteiger charge is -2.03. The number of ketones is 1. The van der Waals surface area contributed by atoms with Crippen molar-refractivity contribution in [2.45, 2.75) is 20.4 Å². The fourth-order valence-electron chi connectivity index (χ4n) is 1.42. The van der Waals surface area contributed by atoms with Gasteiger partial charge in [-0.2, -0.15) is 0 Å². The maximum Gasteiger partial charge on any atom is 0.247 e. The molecule has 2 heterocycles. The number of Topliss-reactive ketones (excluding diaryl/α,β-unsaturated/α-hetero) is 1. The number of amides is 1. The van der Waals surface area contributed by atoms with Crippen molar-refractivity contribution < 1.29 is 9.59 Å². The molecule has 2 rings (SSSR count). The number of nitrogens with one attached hydrogen (secondary N) is 1. The number of hydrogen-bond acceptors (Lipinski definition) is 6. The molecule has 0 aliphatic carbocycles. The molecular weight excluding hydrogens is 254 g/mol. The van der Waals surface area contributed by atoms with Gasteiger partial charge in [0.15, 0.2) is 16.6 Å². The van der Waals surface area contributed by atoms with Gasteiger partial charge in [0.2, 0.25) is 5.91 Å². The summed E-state index contributed by atoms with van der Waals surface area (Å²) >= 11 is 1.33. The second-order valence-corrected chi connectivity index (χ2v) is 4.52. The maximum atomic E-state index is 11.7. The van der Waals surface area contributed by atoms with Crippen LogP contribution in [-0.4, -0.2) is 31.7 Å². The number of rotatable bonds is 4. The third kappa shape index (κ3) is 2.59. The molecule has 7 nitrogen and oxygen atoms in total. The molecule has 0 spiro atoms. The summed E-state index contributed by atoms with van der Waals surface area (Å²) in [5, 5.41) is 12.4. The Hall–Kier alpha value is -2.09. The first kappa shape index (κ1) is 12.4. The smallest absolute Gasteiger partial charge is 0.247 e. The molecule has 1 N–H and O–H groups in total. The molecule has 0 saturated heterocycles. The molecule has 0 fully saturated rings. The van der Waals surface area contributed by atoms with Crippen molar-refractivity contribution in [2.24, 2.45) is 0 Å². The summed E-state index contributed by atoms with van der Waals surface area (Å²) in [6, 6.07) is 0. The fourth-order valence-corrected chi connectivity index (χ4v) is 1.96. The Balaban J connectivity index is 2.05. The van der Waals surface area contributed by atoms with Gasteiger partial charge in [-0.1, -0.05) is 5.21 Å². The summed E-state index contributed by atoms with van der Waals surface area (Å²) in [4.78, 5) is 26.8. The quantitative estimate of drug-likeness (QED) is 0.829. The lowest BCUT2D eigenvalue weighted by Crippen LogP contribution is -2.20.